The maximum absolute atomic E-state index is 13.4. The van der Waals surface area contributed by atoms with Crippen molar-refractivity contribution < 1.29 is 9.13 Å². The minimum Gasteiger partial charge on any atom is -0.379 e. The minimum atomic E-state index is -0.216. The number of aromatic nitrogens is 1. The number of aromatic amines is 1. The summed E-state index contributed by atoms with van der Waals surface area (Å²) in [4.78, 5) is 7.42. The number of methoxy groups -OCH3 is 1. The molecule has 0 saturated carbocycles. The Morgan fingerprint density at radius 1 is 1.31 bits per heavy atom. The predicted molar refractivity (Wildman–Crippen MR) is 117 cm³/mol. The van der Waals surface area contributed by atoms with Crippen molar-refractivity contribution in [1.82, 2.24) is 15.6 Å². The lowest BCUT2D eigenvalue weighted by molar-refractivity contribution is 0.0205. The maximum Gasteiger partial charge on any atom is 0.191 e. The molecule has 0 bridgehead atoms. The van der Waals surface area contributed by atoms with Crippen LogP contribution in [0.2, 0.25) is 0 Å². The topological polar surface area (TPSA) is 61.4 Å². The molecule has 0 radical (unpaired) electrons. The number of halogens is 2. The van der Waals surface area contributed by atoms with Crippen molar-refractivity contribution in [3.05, 3.63) is 35.8 Å². The molecule has 1 aromatic heterocycles. The molecule has 3 N–H and O–H groups in total. The van der Waals surface area contributed by atoms with Gasteiger partial charge in [0.2, 0.25) is 0 Å². The predicted octanol–water partition coefficient (Wildman–Crippen LogP) is 3.69. The highest BCUT2D eigenvalue weighted by Gasteiger charge is 2.24. The van der Waals surface area contributed by atoms with Gasteiger partial charge in [-0.15, -0.1) is 24.0 Å². The number of benzene rings is 1. The van der Waals surface area contributed by atoms with Crippen LogP contribution < -0.4 is 10.6 Å². The second-order valence-corrected chi connectivity index (χ2v) is 7.22. The number of hydrogen-bond acceptors (Lipinski definition) is 2. The van der Waals surface area contributed by atoms with Gasteiger partial charge in [-0.1, -0.05) is 20.8 Å². The average molecular weight is 476 g/mol. The van der Waals surface area contributed by atoms with Gasteiger partial charge < -0.3 is 20.4 Å². The van der Waals surface area contributed by atoms with Crippen molar-refractivity contribution in [2.75, 3.05) is 27.2 Å². The number of aliphatic imine (C=N–C) groups is 1. The number of ether oxygens (including phenoxy) is 1. The van der Waals surface area contributed by atoms with Gasteiger partial charge in [0.05, 0.1) is 6.10 Å². The molecule has 0 aliphatic rings. The smallest absolute Gasteiger partial charge is 0.191 e. The van der Waals surface area contributed by atoms with E-state index in [0.29, 0.717) is 13.1 Å². The van der Waals surface area contributed by atoms with Crippen LogP contribution >= 0.6 is 24.0 Å². The van der Waals surface area contributed by atoms with Gasteiger partial charge in [0.15, 0.2) is 5.96 Å². The van der Waals surface area contributed by atoms with E-state index in [4.69, 9.17) is 4.74 Å². The molecule has 0 aliphatic carbocycles. The molecule has 5 nitrogen and oxygen atoms in total. The highest BCUT2D eigenvalue weighted by Crippen LogP contribution is 2.21. The number of rotatable bonds is 6. The number of nitrogens with zero attached hydrogens (tertiary/aromatic N) is 1. The molecule has 2 aromatic rings. The summed E-state index contributed by atoms with van der Waals surface area (Å²) >= 11 is 0. The molecule has 0 aliphatic heterocycles. The number of guanidine groups is 1. The van der Waals surface area contributed by atoms with Gasteiger partial charge in [-0.05, 0) is 35.6 Å². The summed E-state index contributed by atoms with van der Waals surface area (Å²) in [6.45, 7) is 7.83. The van der Waals surface area contributed by atoms with Crippen molar-refractivity contribution in [1.29, 1.82) is 0 Å². The lowest BCUT2D eigenvalue weighted by Crippen LogP contribution is -2.45. The second-order valence-electron chi connectivity index (χ2n) is 7.22. The Labute approximate surface area is 172 Å². The number of hydrogen-bond donors (Lipinski definition) is 3. The van der Waals surface area contributed by atoms with Crippen LogP contribution in [0.1, 0.15) is 26.3 Å². The molecule has 146 valence electrons. The summed E-state index contributed by atoms with van der Waals surface area (Å²) in [5, 5.41) is 7.52. The Hall–Kier alpha value is -1.35. The Balaban J connectivity index is 0.00000338. The van der Waals surface area contributed by atoms with E-state index in [1.54, 1.807) is 26.3 Å². The largest absolute Gasteiger partial charge is 0.379 e. The summed E-state index contributed by atoms with van der Waals surface area (Å²) in [5.41, 5.74) is 2.09. The minimum absolute atomic E-state index is 0. The van der Waals surface area contributed by atoms with E-state index in [9.17, 15) is 4.39 Å². The molecular weight excluding hydrogens is 446 g/mol. The maximum atomic E-state index is 13.4. The van der Waals surface area contributed by atoms with Crippen molar-refractivity contribution in [3.63, 3.8) is 0 Å². The van der Waals surface area contributed by atoms with Crippen LogP contribution in [0.15, 0.2) is 29.4 Å². The van der Waals surface area contributed by atoms with Crippen LogP contribution in [-0.4, -0.2) is 44.3 Å². The van der Waals surface area contributed by atoms with E-state index in [0.717, 1.165) is 28.8 Å². The molecule has 1 heterocycles. The van der Waals surface area contributed by atoms with Crippen LogP contribution in [0.5, 0.6) is 0 Å². The Morgan fingerprint density at radius 3 is 2.65 bits per heavy atom. The van der Waals surface area contributed by atoms with Gasteiger partial charge in [-0.2, -0.15) is 0 Å². The van der Waals surface area contributed by atoms with Crippen LogP contribution in [0.3, 0.4) is 0 Å². The first-order valence-electron chi connectivity index (χ1n) is 8.58. The van der Waals surface area contributed by atoms with Crippen LogP contribution in [-0.2, 0) is 11.2 Å². The lowest BCUT2D eigenvalue weighted by atomic mass is 9.89. The van der Waals surface area contributed by atoms with Gasteiger partial charge in [-0.25, -0.2) is 4.39 Å². The van der Waals surface area contributed by atoms with Crippen molar-refractivity contribution in [2.24, 2.45) is 10.4 Å². The molecule has 7 heteroatoms. The summed E-state index contributed by atoms with van der Waals surface area (Å²) in [6, 6.07) is 4.80. The number of H-pyrrole nitrogens is 1. The number of nitrogens with one attached hydrogen (secondary N) is 3. The average Bonchev–Trinajstić information content (AvgIpc) is 2.94. The molecule has 0 fully saturated rings. The highest BCUT2D eigenvalue weighted by molar-refractivity contribution is 14.0. The molecule has 26 heavy (non-hydrogen) atoms. The van der Waals surface area contributed by atoms with E-state index < -0.39 is 0 Å². The van der Waals surface area contributed by atoms with E-state index >= 15 is 0 Å². The van der Waals surface area contributed by atoms with Gasteiger partial charge in [-0.3, -0.25) is 4.99 Å². The highest BCUT2D eigenvalue weighted by atomic mass is 127. The van der Waals surface area contributed by atoms with E-state index in [2.05, 4.69) is 41.4 Å². The molecule has 1 atom stereocenters. The fourth-order valence-corrected chi connectivity index (χ4v) is 2.83. The lowest BCUT2D eigenvalue weighted by Gasteiger charge is -2.30. The van der Waals surface area contributed by atoms with Crippen LogP contribution in [0.25, 0.3) is 10.9 Å². The normalized spacial score (nSPS) is 13.4. The van der Waals surface area contributed by atoms with E-state index in [1.165, 1.54) is 6.07 Å². The Kier molecular flexibility index (Phi) is 8.82. The van der Waals surface area contributed by atoms with Crippen molar-refractivity contribution in [3.8, 4) is 0 Å². The summed E-state index contributed by atoms with van der Waals surface area (Å²) in [7, 11) is 3.47. The summed E-state index contributed by atoms with van der Waals surface area (Å²) < 4.78 is 19.0. The summed E-state index contributed by atoms with van der Waals surface area (Å²) in [6.07, 6.45) is 2.79. The van der Waals surface area contributed by atoms with Gasteiger partial charge in [0.25, 0.3) is 0 Å². The molecule has 2 rings (SSSR count). The zero-order valence-corrected chi connectivity index (χ0v) is 18.5. The quantitative estimate of drug-likeness (QED) is 0.339. The first-order valence-corrected chi connectivity index (χ1v) is 8.58. The SMILES string of the molecule is CN=C(NCCc1c[nH]c2ccc(F)cc12)NCC(OC)C(C)(C)C.I. The molecule has 0 spiro atoms. The van der Waals surface area contributed by atoms with Crippen molar-refractivity contribution in [2.45, 2.75) is 33.3 Å². The molecule has 0 saturated heterocycles. The third-order valence-corrected chi connectivity index (χ3v) is 4.35. The molecular formula is C19H30FIN4O. The van der Waals surface area contributed by atoms with Gasteiger partial charge in [0.1, 0.15) is 5.82 Å². The third-order valence-electron chi connectivity index (χ3n) is 4.35. The van der Waals surface area contributed by atoms with Gasteiger partial charge >= 0.3 is 0 Å². The van der Waals surface area contributed by atoms with Crippen LogP contribution in [0.4, 0.5) is 4.39 Å². The van der Waals surface area contributed by atoms with Gasteiger partial charge in [0, 0.05) is 44.3 Å². The fourth-order valence-electron chi connectivity index (χ4n) is 2.83. The Bertz CT molecular complexity index is 724. The molecule has 0 amide bonds. The third kappa shape index (κ3) is 6.12. The second kappa shape index (κ2) is 10.1. The number of fused-ring (bicyclic) bond motifs is 1. The van der Waals surface area contributed by atoms with Crippen LogP contribution in [0, 0.1) is 11.2 Å². The summed E-state index contributed by atoms with van der Waals surface area (Å²) in [5.74, 6) is 0.517. The monoisotopic (exact) mass is 476 g/mol. The Morgan fingerprint density at radius 2 is 2.04 bits per heavy atom. The fraction of sp³-hybridized carbons (Fsp3) is 0.526. The zero-order valence-electron chi connectivity index (χ0n) is 16.1. The standard InChI is InChI=1S/C19H29FN4O.HI/c1-19(2,3)17(25-5)12-24-18(21-4)22-9-8-13-11-23-16-7-6-14(20)10-15(13)16;/h6-7,10-11,17,23H,8-9,12H2,1-5H3,(H2,21,22,24);1H. The zero-order chi connectivity index (χ0) is 18.4. The van der Waals surface area contributed by atoms with E-state index in [-0.39, 0.29) is 41.3 Å². The molecule has 1 aromatic carbocycles. The van der Waals surface area contributed by atoms with Crippen molar-refractivity contribution >= 4 is 40.8 Å². The first-order chi connectivity index (χ1) is 11.8. The first kappa shape index (κ1) is 22.7. The van der Waals surface area contributed by atoms with E-state index in [1.807, 2.05) is 6.20 Å². The molecule has 1 unspecified atom stereocenters.